The summed E-state index contributed by atoms with van der Waals surface area (Å²) in [6, 6.07) is 0. The van der Waals surface area contributed by atoms with Gasteiger partial charge in [0.2, 0.25) is 5.91 Å². The fraction of sp³-hybridized carbons (Fsp3) is 0.909. The van der Waals surface area contributed by atoms with Crippen LogP contribution in [-0.2, 0) is 9.53 Å². The zero-order valence-corrected chi connectivity index (χ0v) is 9.71. The molecule has 4 nitrogen and oxygen atoms in total. The highest BCUT2D eigenvalue weighted by Crippen LogP contribution is 2.36. The van der Waals surface area contributed by atoms with Gasteiger partial charge in [0.05, 0.1) is 6.61 Å². The monoisotopic (exact) mass is 214 g/mol. The molecule has 1 saturated carbocycles. The van der Waals surface area contributed by atoms with Gasteiger partial charge in [0.25, 0.3) is 0 Å². The minimum atomic E-state index is 0.198. The molecule has 1 aliphatic carbocycles. The van der Waals surface area contributed by atoms with E-state index in [2.05, 4.69) is 10.6 Å². The standard InChI is InChI=1S/C11H22N2O2/c1-9(10-3-4-10)11(14)13-6-5-12-7-8-15-2/h9-10,12H,3-8H2,1-2H3,(H,13,14). The third-order valence-electron chi connectivity index (χ3n) is 2.83. The first-order chi connectivity index (χ1) is 7.25. The zero-order chi connectivity index (χ0) is 11.1. The number of hydrogen-bond acceptors (Lipinski definition) is 3. The highest BCUT2D eigenvalue weighted by Gasteiger charge is 2.32. The van der Waals surface area contributed by atoms with Crippen LogP contribution in [0.15, 0.2) is 0 Å². The number of carbonyl (C=O) groups excluding carboxylic acids is 1. The van der Waals surface area contributed by atoms with Crippen molar-refractivity contribution in [2.75, 3.05) is 33.4 Å². The van der Waals surface area contributed by atoms with E-state index >= 15 is 0 Å². The first kappa shape index (κ1) is 12.5. The lowest BCUT2D eigenvalue weighted by molar-refractivity contribution is -0.125. The molecule has 2 N–H and O–H groups in total. The maximum atomic E-state index is 11.5. The zero-order valence-electron chi connectivity index (χ0n) is 9.71. The maximum absolute atomic E-state index is 11.5. The van der Waals surface area contributed by atoms with Gasteiger partial charge in [0.1, 0.15) is 0 Å². The summed E-state index contributed by atoms with van der Waals surface area (Å²) >= 11 is 0. The van der Waals surface area contributed by atoms with Gasteiger partial charge >= 0.3 is 0 Å². The summed E-state index contributed by atoms with van der Waals surface area (Å²) in [5.41, 5.74) is 0. The van der Waals surface area contributed by atoms with Gasteiger partial charge in [-0.25, -0.2) is 0 Å². The minimum Gasteiger partial charge on any atom is -0.383 e. The maximum Gasteiger partial charge on any atom is 0.223 e. The van der Waals surface area contributed by atoms with Crippen LogP contribution in [0, 0.1) is 11.8 Å². The highest BCUT2D eigenvalue weighted by molar-refractivity contribution is 5.78. The summed E-state index contributed by atoms with van der Waals surface area (Å²) in [5.74, 6) is 1.04. The van der Waals surface area contributed by atoms with Crippen LogP contribution in [0.2, 0.25) is 0 Å². The average molecular weight is 214 g/mol. The third kappa shape index (κ3) is 5.14. The van der Waals surface area contributed by atoms with Gasteiger partial charge in [-0.2, -0.15) is 0 Å². The quantitative estimate of drug-likeness (QED) is 0.575. The molecule has 0 spiro atoms. The average Bonchev–Trinajstić information content (AvgIpc) is 3.05. The van der Waals surface area contributed by atoms with Gasteiger partial charge in [0, 0.05) is 32.7 Å². The Morgan fingerprint density at radius 3 is 2.73 bits per heavy atom. The lowest BCUT2D eigenvalue weighted by atomic mass is 10.1. The summed E-state index contributed by atoms with van der Waals surface area (Å²) in [6.45, 7) is 5.09. The Labute approximate surface area is 91.8 Å². The summed E-state index contributed by atoms with van der Waals surface area (Å²) in [4.78, 5) is 11.5. The van der Waals surface area contributed by atoms with Gasteiger partial charge in [0.15, 0.2) is 0 Å². The number of rotatable bonds is 8. The van der Waals surface area contributed by atoms with E-state index in [-0.39, 0.29) is 11.8 Å². The van der Waals surface area contributed by atoms with Gasteiger partial charge in [-0.1, -0.05) is 6.92 Å². The number of methoxy groups -OCH3 is 1. The van der Waals surface area contributed by atoms with Crippen LogP contribution in [0.3, 0.4) is 0 Å². The number of ether oxygens (including phenoxy) is 1. The Morgan fingerprint density at radius 2 is 2.13 bits per heavy atom. The molecule has 4 heteroatoms. The molecule has 0 saturated heterocycles. The largest absolute Gasteiger partial charge is 0.383 e. The molecule has 1 amide bonds. The van der Waals surface area contributed by atoms with Crippen molar-refractivity contribution in [2.24, 2.45) is 11.8 Å². The van der Waals surface area contributed by atoms with E-state index in [1.54, 1.807) is 7.11 Å². The van der Waals surface area contributed by atoms with Crippen LogP contribution in [0.25, 0.3) is 0 Å². The Kier molecular flexibility index (Phi) is 5.65. The van der Waals surface area contributed by atoms with Crippen LogP contribution in [-0.4, -0.2) is 39.3 Å². The van der Waals surface area contributed by atoms with E-state index in [0.29, 0.717) is 19.1 Å². The molecule has 1 aliphatic rings. The van der Waals surface area contributed by atoms with Crippen molar-refractivity contribution >= 4 is 5.91 Å². The lowest BCUT2D eigenvalue weighted by Gasteiger charge is -2.11. The number of carbonyl (C=O) groups is 1. The van der Waals surface area contributed by atoms with Crippen molar-refractivity contribution in [1.29, 1.82) is 0 Å². The molecule has 0 aromatic heterocycles. The topological polar surface area (TPSA) is 50.4 Å². The Balaban J connectivity index is 1.92. The molecule has 0 heterocycles. The second-order valence-electron chi connectivity index (χ2n) is 4.16. The summed E-state index contributed by atoms with van der Waals surface area (Å²) < 4.78 is 4.90. The summed E-state index contributed by atoms with van der Waals surface area (Å²) in [5, 5.41) is 6.12. The molecule has 88 valence electrons. The number of hydrogen-bond donors (Lipinski definition) is 2. The minimum absolute atomic E-state index is 0.198. The lowest BCUT2D eigenvalue weighted by Crippen LogP contribution is -2.36. The second-order valence-corrected chi connectivity index (χ2v) is 4.16. The third-order valence-corrected chi connectivity index (χ3v) is 2.83. The molecule has 0 bridgehead atoms. The fourth-order valence-corrected chi connectivity index (χ4v) is 1.54. The predicted molar refractivity (Wildman–Crippen MR) is 59.6 cm³/mol. The van der Waals surface area contributed by atoms with Crippen molar-refractivity contribution < 1.29 is 9.53 Å². The molecular formula is C11H22N2O2. The SMILES string of the molecule is COCCNCCNC(=O)C(C)C1CC1. The van der Waals surface area contributed by atoms with Crippen molar-refractivity contribution in [3.63, 3.8) is 0 Å². The van der Waals surface area contributed by atoms with Crippen molar-refractivity contribution in [3.8, 4) is 0 Å². The first-order valence-corrected chi connectivity index (χ1v) is 5.73. The highest BCUT2D eigenvalue weighted by atomic mass is 16.5. The van der Waals surface area contributed by atoms with Gasteiger partial charge in [-0.05, 0) is 18.8 Å². The van der Waals surface area contributed by atoms with Gasteiger partial charge in [-0.15, -0.1) is 0 Å². The molecule has 0 aromatic rings. The van der Waals surface area contributed by atoms with E-state index in [9.17, 15) is 4.79 Å². The number of amides is 1. The Bertz CT molecular complexity index is 193. The normalized spacial score (nSPS) is 17.5. The van der Waals surface area contributed by atoms with Gasteiger partial charge in [-0.3, -0.25) is 4.79 Å². The molecule has 1 atom stereocenters. The first-order valence-electron chi connectivity index (χ1n) is 5.73. The number of nitrogens with one attached hydrogen (secondary N) is 2. The fourth-order valence-electron chi connectivity index (χ4n) is 1.54. The molecular weight excluding hydrogens is 192 g/mol. The molecule has 0 aliphatic heterocycles. The molecule has 1 rings (SSSR count). The van der Waals surface area contributed by atoms with E-state index in [0.717, 1.165) is 13.1 Å². The molecule has 1 unspecified atom stereocenters. The van der Waals surface area contributed by atoms with E-state index in [1.165, 1.54) is 12.8 Å². The van der Waals surface area contributed by atoms with Gasteiger partial charge < -0.3 is 15.4 Å². The molecule has 15 heavy (non-hydrogen) atoms. The van der Waals surface area contributed by atoms with Crippen LogP contribution in [0.5, 0.6) is 0 Å². The molecule has 1 fully saturated rings. The van der Waals surface area contributed by atoms with E-state index in [4.69, 9.17) is 4.74 Å². The molecule has 0 radical (unpaired) electrons. The van der Waals surface area contributed by atoms with Crippen molar-refractivity contribution in [1.82, 2.24) is 10.6 Å². The van der Waals surface area contributed by atoms with Crippen LogP contribution in [0.4, 0.5) is 0 Å². The Hall–Kier alpha value is -0.610. The van der Waals surface area contributed by atoms with Crippen LogP contribution in [0.1, 0.15) is 19.8 Å². The molecule has 0 aromatic carbocycles. The van der Waals surface area contributed by atoms with Crippen LogP contribution >= 0.6 is 0 Å². The summed E-state index contributed by atoms with van der Waals surface area (Å²) in [7, 11) is 1.68. The second kappa shape index (κ2) is 6.80. The predicted octanol–water partition coefficient (Wildman–Crippen LogP) is 0.385. The summed E-state index contributed by atoms with van der Waals surface area (Å²) in [6.07, 6.45) is 2.45. The van der Waals surface area contributed by atoms with E-state index < -0.39 is 0 Å². The Morgan fingerprint density at radius 1 is 1.40 bits per heavy atom. The van der Waals surface area contributed by atoms with Crippen molar-refractivity contribution in [3.05, 3.63) is 0 Å². The van der Waals surface area contributed by atoms with Crippen molar-refractivity contribution in [2.45, 2.75) is 19.8 Å². The smallest absolute Gasteiger partial charge is 0.223 e. The van der Waals surface area contributed by atoms with Crippen LogP contribution < -0.4 is 10.6 Å². The van der Waals surface area contributed by atoms with E-state index in [1.807, 2.05) is 6.92 Å².